The van der Waals surface area contributed by atoms with Gasteiger partial charge in [0.25, 0.3) is 5.56 Å². The van der Waals surface area contributed by atoms with E-state index in [1.165, 1.54) is 26.5 Å². The molecular formula is C22H33N5O4S2. The summed E-state index contributed by atoms with van der Waals surface area (Å²) in [4.78, 5) is 35.7. The molecule has 0 unspecified atom stereocenters. The molecule has 33 heavy (non-hydrogen) atoms. The third-order valence-electron chi connectivity index (χ3n) is 6.71. The van der Waals surface area contributed by atoms with Gasteiger partial charge in [0, 0.05) is 44.1 Å². The van der Waals surface area contributed by atoms with Crippen LogP contribution in [-0.2, 0) is 21.4 Å². The van der Waals surface area contributed by atoms with Gasteiger partial charge in [0.15, 0.2) is 0 Å². The number of fused-ring (bicyclic) bond motifs is 1. The van der Waals surface area contributed by atoms with Gasteiger partial charge in [-0.15, -0.1) is 11.3 Å². The van der Waals surface area contributed by atoms with Crippen molar-refractivity contribution in [2.45, 2.75) is 45.6 Å². The van der Waals surface area contributed by atoms with Crippen LogP contribution in [0, 0.1) is 18.8 Å². The molecule has 0 aromatic carbocycles. The fourth-order valence-corrected chi connectivity index (χ4v) is 8.37. The lowest BCUT2D eigenvalue weighted by molar-refractivity contribution is -0.133. The van der Waals surface area contributed by atoms with E-state index in [0.29, 0.717) is 35.9 Å². The third kappa shape index (κ3) is 4.73. The molecule has 0 bridgehead atoms. The Balaban J connectivity index is 1.66. The van der Waals surface area contributed by atoms with Gasteiger partial charge >= 0.3 is 0 Å². The van der Waals surface area contributed by atoms with Crippen molar-refractivity contribution in [3.05, 3.63) is 21.6 Å². The standard InChI is InChI=1S/C22H33N5O4S2/c1-5-24-6-8-25(9-7-24)18(28)13-26-14-23-21-19(22(26)29)20(17(4)32-21)33(30,31)27-11-15(2)10-16(3)12-27/h14-16H,5-13H2,1-4H3/t15-,16-/m1/s1. The van der Waals surface area contributed by atoms with Gasteiger partial charge in [-0.05, 0) is 31.7 Å². The Morgan fingerprint density at radius 3 is 2.39 bits per heavy atom. The number of amides is 1. The number of nitrogens with zero attached hydrogens (tertiary/aromatic N) is 5. The number of aryl methyl sites for hydroxylation is 1. The molecule has 2 aliphatic rings. The SMILES string of the molecule is CCN1CCN(C(=O)Cn2cnc3sc(C)c(S(=O)(=O)N4C[C@H](C)C[C@@H](C)C4)c3c2=O)CC1. The van der Waals surface area contributed by atoms with Crippen LogP contribution in [0.25, 0.3) is 10.2 Å². The van der Waals surface area contributed by atoms with E-state index >= 15 is 0 Å². The first-order chi connectivity index (χ1) is 15.6. The summed E-state index contributed by atoms with van der Waals surface area (Å²) in [6.45, 7) is 12.5. The van der Waals surface area contributed by atoms with E-state index in [0.717, 1.165) is 26.1 Å². The van der Waals surface area contributed by atoms with Crippen molar-refractivity contribution in [2.24, 2.45) is 11.8 Å². The van der Waals surface area contributed by atoms with Crippen LogP contribution in [0.1, 0.15) is 32.1 Å². The minimum Gasteiger partial charge on any atom is -0.339 e. The Bertz CT molecular complexity index is 1190. The number of thiophene rings is 1. The van der Waals surface area contributed by atoms with Gasteiger partial charge in [-0.2, -0.15) is 4.31 Å². The van der Waals surface area contributed by atoms with Gasteiger partial charge in [0.05, 0.1) is 11.7 Å². The van der Waals surface area contributed by atoms with E-state index in [1.807, 2.05) is 0 Å². The van der Waals surface area contributed by atoms with Crippen molar-refractivity contribution >= 4 is 37.5 Å². The minimum absolute atomic E-state index is 0.0552. The van der Waals surface area contributed by atoms with Crippen molar-refractivity contribution in [3.8, 4) is 0 Å². The van der Waals surface area contributed by atoms with Crippen molar-refractivity contribution in [2.75, 3.05) is 45.8 Å². The zero-order valence-electron chi connectivity index (χ0n) is 19.8. The summed E-state index contributed by atoms with van der Waals surface area (Å²) in [6.07, 6.45) is 2.35. The Morgan fingerprint density at radius 1 is 1.15 bits per heavy atom. The minimum atomic E-state index is -3.85. The van der Waals surface area contributed by atoms with Gasteiger partial charge in [-0.3, -0.25) is 14.2 Å². The summed E-state index contributed by atoms with van der Waals surface area (Å²) >= 11 is 1.21. The van der Waals surface area contributed by atoms with E-state index in [-0.39, 0.29) is 34.6 Å². The van der Waals surface area contributed by atoms with Crippen molar-refractivity contribution in [1.29, 1.82) is 0 Å². The van der Waals surface area contributed by atoms with Crippen LogP contribution in [0.5, 0.6) is 0 Å². The number of aromatic nitrogens is 2. The van der Waals surface area contributed by atoms with Crippen molar-refractivity contribution < 1.29 is 13.2 Å². The average molecular weight is 496 g/mol. The lowest BCUT2D eigenvalue weighted by atomic mass is 9.94. The molecule has 1 amide bonds. The lowest BCUT2D eigenvalue weighted by Gasteiger charge is -2.34. The fraction of sp³-hybridized carbons (Fsp3) is 0.682. The second-order valence-electron chi connectivity index (χ2n) is 9.43. The maximum atomic E-state index is 13.6. The van der Waals surface area contributed by atoms with Crippen LogP contribution < -0.4 is 5.56 Å². The van der Waals surface area contributed by atoms with Gasteiger partial charge in [-0.25, -0.2) is 13.4 Å². The number of hydrogen-bond acceptors (Lipinski definition) is 7. The largest absolute Gasteiger partial charge is 0.339 e. The Morgan fingerprint density at radius 2 is 1.79 bits per heavy atom. The molecule has 2 aromatic rings. The van der Waals surface area contributed by atoms with Crippen LogP contribution in [0.15, 0.2) is 16.0 Å². The highest BCUT2D eigenvalue weighted by molar-refractivity contribution is 7.89. The first-order valence-corrected chi connectivity index (χ1v) is 13.9. The first kappa shape index (κ1) is 24.3. The summed E-state index contributed by atoms with van der Waals surface area (Å²) in [5, 5.41) is 0.106. The number of rotatable bonds is 5. The highest BCUT2D eigenvalue weighted by Crippen LogP contribution is 2.35. The number of carbonyl (C=O) groups is 1. The van der Waals surface area contributed by atoms with Crippen LogP contribution in [-0.4, -0.2) is 83.8 Å². The summed E-state index contributed by atoms with van der Waals surface area (Å²) in [5.41, 5.74) is -0.471. The molecule has 11 heteroatoms. The molecule has 4 heterocycles. The molecule has 0 N–H and O–H groups in total. The topological polar surface area (TPSA) is 95.8 Å². The van der Waals surface area contributed by atoms with Crippen molar-refractivity contribution in [1.82, 2.24) is 23.7 Å². The summed E-state index contributed by atoms with van der Waals surface area (Å²) < 4.78 is 30.0. The predicted molar refractivity (Wildman–Crippen MR) is 129 cm³/mol. The van der Waals surface area contributed by atoms with Gasteiger partial charge in [-0.1, -0.05) is 20.8 Å². The normalized spacial score (nSPS) is 23.3. The van der Waals surface area contributed by atoms with Crippen molar-refractivity contribution in [3.63, 3.8) is 0 Å². The number of carbonyl (C=O) groups excluding carboxylic acids is 1. The second kappa shape index (κ2) is 9.44. The Labute approximate surface area is 199 Å². The molecule has 182 valence electrons. The van der Waals surface area contributed by atoms with Gasteiger partial charge in [0.1, 0.15) is 16.3 Å². The Kier molecular flexibility index (Phi) is 6.95. The van der Waals surface area contributed by atoms with Gasteiger partial charge < -0.3 is 9.80 Å². The van der Waals surface area contributed by atoms with Crippen LogP contribution in [0.3, 0.4) is 0 Å². The number of likely N-dealkylation sites (N-methyl/N-ethyl adjacent to an activating group) is 1. The second-order valence-corrected chi connectivity index (χ2v) is 12.5. The fourth-order valence-electron chi connectivity index (χ4n) is 5.03. The molecule has 0 spiro atoms. The number of hydrogen-bond donors (Lipinski definition) is 0. The van der Waals surface area contributed by atoms with E-state index in [9.17, 15) is 18.0 Å². The smallest absolute Gasteiger partial charge is 0.263 e. The highest BCUT2D eigenvalue weighted by atomic mass is 32.2. The molecule has 9 nitrogen and oxygen atoms in total. The van der Waals surface area contributed by atoms with E-state index in [2.05, 4.69) is 30.7 Å². The maximum absolute atomic E-state index is 13.6. The molecule has 2 aromatic heterocycles. The summed E-state index contributed by atoms with van der Waals surface area (Å²) in [7, 11) is -3.85. The predicted octanol–water partition coefficient (Wildman–Crippen LogP) is 1.60. The zero-order chi connectivity index (χ0) is 23.9. The van der Waals surface area contributed by atoms with Crippen LogP contribution >= 0.6 is 11.3 Å². The molecule has 2 atom stereocenters. The van der Waals surface area contributed by atoms with Crippen LogP contribution in [0.4, 0.5) is 0 Å². The quantitative estimate of drug-likeness (QED) is 0.625. The molecular weight excluding hydrogens is 462 g/mol. The average Bonchev–Trinajstić information content (AvgIpc) is 3.12. The molecule has 2 aliphatic heterocycles. The molecule has 4 rings (SSSR count). The number of sulfonamides is 1. The lowest BCUT2D eigenvalue weighted by Crippen LogP contribution is -2.49. The Hall–Kier alpha value is -1.82. The molecule has 2 saturated heterocycles. The van der Waals surface area contributed by atoms with E-state index in [4.69, 9.17) is 0 Å². The van der Waals surface area contributed by atoms with E-state index < -0.39 is 15.6 Å². The summed E-state index contributed by atoms with van der Waals surface area (Å²) in [5.74, 6) is 0.368. The highest BCUT2D eigenvalue weighted by Gasteiger charge is 2.36. The van der Waals surface area contributed by atoms with Crippen LogP contribution in [0.2, 0.25) is 0 Å². The monoisotopic (exact) mass is 495 g/mol. The number of piperazine rings is 1. The number of piperidine rings is 1. The molecule has 0 radical (unpaired) electrons. The molecule has 0 saturated carbocycles. The third-order valence-corrected chi connectivity index (χ3v) is 9.86. The zero-order valence-corrected chi connectivity index (χ0v) is 21.4. The molecule has 2 fully saturated rings. The van der Waals surface area contributed by atoms with E-state index in [1.54, 1.807) is 11.8 Å². The summed E-state index contributed by atoms with van der Waals surface area (Å²) in [6, 6.07) is 0. The maximum Gasteiger partial charge on any atom is 0.263 e. The van der Waals surface area contributed by atoms with Gasteiger partial charge in [0.2, 0.25) is 15.9 Å². The first-order valence-electron chi connectivity index (χ1n) is 11.6. The molecule has 0 aliphatic carbocycles.